The van der Waals surface area contributed by atoms with E-state index in [1.165, 1.54) is 35.6 Å². The van der Waals surface area contributed by atoms with Crippen molar-refractivity contribution in [2.45, 2.75) is 43.9 Å². The Labute approximate surface area is 237 Å². The highest BCUT2D eigenvalue weighted by atomic mass is 32.2. The number of hydrogen-bond acceptors (Lipinski definition) is 11. The second kappa shape index (κ2) is 13.6. The number of nitrogens with one attached hydrogen (secondary N) is 2. The number of rotatable bonds is 11. The number of piperazine rings is 1. The Hall–Kier alpha value is -2.95. The Bertz CT molecular complexity index is 1310. The number of thiazole rings is 1. The summed E-state index contributed by atoms with van der Waals surface area (Å²) in [5, 5.41) is 16.2. The number of carbonyl (C=O) groups is 2. The Morgan fingerprint density at radius 3 is 2.70 bits per heavy atom. The van der Waals surface area contributed by atoms with Crippen LogP contribution in [0.15, 0.2) is 40.5 Å². The molecule has 2 aliphatic heterocycles. The van der Waals surface area contributed by atoms with Crippen LogP contribution in [0.25, 0.3) is 0 Å². The van der Waals surface area contributed by atoms with Crippen molar-refractivity contribution < 1.29 is 32.7 Å². The number of benzene rings is 1. The Balaban J connectivity index is 1.45. The van der Waals surface area contributed by atoms with Crippen LogP contribution in [-0.4, -0.2) is 104 Å². The van der Waals surface area contributed by atoms with Gasteiger partial charge < -0.3 is 19.6 Å². The maximum absolute atomic E-state index is 13.3. The molecule has 1 aromatic heterocycles. The highest BCUT2D eigenvalue weighted by molar-refractivity contribution is 7.89. The molecular weight excluding hydrogens is 560 g/mol. The summed E-state index contributed by atoms with van der Waals surface area (Å²) in [7, 11) is -3.81. The van der Waals surface area contributed by atoms with Crippen molar-refractivity contribution in [3.05, 3.63) is 40.9 Å². The number of ether oxygens (including phenoxy) is 1. The zero-order valence-electron chi connectivity index (χ0n) is 22.4. The average Bonchev–Trinajstić information content (AvgIpc) is 3.60. The van der Waals surface area contributed by atoms with E-state index in [-0.39, 0.29) is 41.8 Å². The summed E-state index contributed by atoms with van der Waals surface area (Å²) in [5.41, 5.74) is 0.316. The van der Waals surface area contributed by atoms with Gasteiger partial charge in [-0.1, -0.05) is 17.3 Å². The van der Waals surface area contributed by atoms with E-state index in [2.05, 4.69) is 25.1 Å². The van der Waals surface area contributed by atoms with Crippen LogP contribution in [0.4, 0.5) is 5.13 Å². The van der Waals surface area contributed by atoms with E-state index in [9.17, 15) is 18.0 Å². The minimum atomic E-state index is -3.81. The number of oxime groups is 1. The predicted octanol–water partition coefficient (Wildman–Crippen LogP) is 0.615. The maximum atomic E-state index is 13.3. The van der Waals surface area contributed by atoms with Crippen LogP contribution in [-0.2, 0) is 35.7 Å². The lowest BCUT2D eigenvalue weighted by Crippen LogP contribution is -2.52. The molecule has 0 bridgehead atoms. The fourth-order valence-corrected chi connectivity index (χ4v) is 6.33. The molecule has 3 N–H and O–H groups in total. The highest BCUT2D eigenvalue weighted by Gasteiger charge is 2.26. The molecule has 2 amide bonds. The molecule has 2 aliphatic rings. The van der Waals surface area contributed by atoms with Gasteiger partial charge in [0.25, 0.3) is 5.91 Å². The van der Waals surface area contributed by atoms with Gasteiger partial charge in [-0.25, -0.2) is 18.1 Å². The fraction of sp³-hybridized carbons (Fsp3) is 0.520. The van der Waals surface area contributed by atoms with Gasteiger partial charge in [-0.2, -0.15) is 0 Å². The lowest BCUT2D eigenvalue weighted by Gasteiger charge is -2.39. The van der Waals surface area contributed by atoms with E-state index in [0.717, 1.165) is 18.0 Å². The molecule has 0 radical (unpaired) electrons. The number of nitrogens with zero attached hydrogens (tertiary/aromatic N) is 4. The van der Waals surface area contributed by atoms with Crippen molar-refractivity contribution in [1.82, 2.24) is 19.5 Å². The molecule has 0 unspecified atom stereocenters. The van der Waals surface area contributed by atoms with Crippen molar-refractivity contribution in [2.24, 2.45) is 5.16 Å². The first kappa shape index (κ1) is 30.0. The summed E-state index contributed by atoms with van der Waals surface area (Å²) in [6.07, 6.45) is 2.06. The van der Waals surface area contributed by atoms with Crippen molar-refractivity contribution in [3.8, 4) is 0 Å². The molecule has 15 heteroatoms. The van der Waals surface area contributed by atoms with Gasteiger partial charge in [-0.05, 0) is 19.1 Å². The van der Waals surface area contributed by atoms with Gasteiger partial charge in [-0.15, -0.1) is 11.3 Å². The maximum Gasteiger partial charge on any atom is 0.280 e. The van der Waals surface area contributed by atoms with E-state index in [1.54, 1.807) is 13.1 Å². The molecule has 2 atom stereocenters. The monoisotopic (exact) mass is 594 g/mol. The van der Waals surface area contributed by atoms with Crippen LogP contribution in [0, 0.1) is 0 Å². The summed E-state index contributed by atoms with van der Waals surface area (Å²) < 4.78 is 32.3. The lowest BCUT2D eigenvalue weighted by molar-refractivity contribution is -0.133. The molecule has 4 rings (SSSR count). The fourth-order valence-electron chi connectivity index (χ4n) is 4.46. The van der Waals surface area contributed by atoms with Crippen LogP contribution >= 0.6 is 11.3 Å². The molecule has 0 spiro atoms. The summed E-state index contributed by atoms with van der Waals surface area (Å²) in [6.45, 7) is 6.90. The van der Waals surface area contributed by atoms with Gasteiger partial charge >= 0.3 is 0 Å². The van der Waals surface area contributed by atoms with Crippen LogP contribution in [0.5, 0.6) is 0 Å². The first-order chi connectivity index (χ1) is 19.2. The lowest BCUT2D eigenvalue weighted by atomic mass is 10.1. The van der Waals surface area contributed by atoms with Gasteiger partial charge in [-0.3, -0.25) is 19.8 Å². The standard InChI is InChI=1S/C25H34N6O7S2/c1-17-14-30(9-10-31(17)18(2)33)15-21-13-26-25(39-21)28-24(34)23(29-38-20-7-12-37-16-20)19-3-5-22(6-4-19)40(35,36)27-8-11-32/h3-6,13,17,20,27,32H,7-12,14-16H2,1-2H3,(H,26,28,34)/b29-23+/t17-,20+/m0/s1. The Morgan fingerprint density at radius 1 is 1.27 bits per heavy atom. The molecule has 0 aliphatic carbocycles. The first-order valence-electron chi connectivity index (χ1n) is 12.9. The quantitative estimate of drug-likeness (QED) is 0.250. The minimum absolute atomic E-state index is 0.0161. The minimum Gasteiger partial charge on any atom is -0.395 e. The first-order valence-corrected chi connectivity index (χ1v) is 15.2. The average molecular weight is 595 g/mol. The number of sulfonamides is 1. The highest BCUT2D eigenvalue weighted by Crippen LogP contribution is 2.22. The van der Waals surface area contributed by atoms with Crippen molar-refractivity contribution in [1.29, 1.82) is 0 Å². The van der Waals surface area contributed by atoms with E-state index in [4.69, 9.17) is 14.7 Å². The van der Waals surface area contributed by atoms with Crippen molar-refractivity contribution >= 4 is 44.0 Å². The van der Waals surface area contributed by atoms with Gasteiger partial charge in [0.05, 0.1) is 24.7 Å². The molecule has 0 saturated carbocycles. The van der Waals surface area contributed by atoms with Crippen LogP contribution in [0.3, 0.4) is 0 Å². The molecule has 2 fully saturated rings. The van der Waals surface area contributed by atoms with Gasteiger partial charge in [0.1, 0.15) is 0 Å². The topological polar surface area (TPSA) is 163 Å². The van der Waals surface area contributed by atoms with Gasteiger partial charge in [0, 0.05) is 68.7 Å². The second-order valence-corrected chi connectivity index (χ2v) is 12.4. The Morgan fingerprint density at radius 2 is 2.05 bits per heavy atom. The molecule has 2 aromatic rings. The van der Waals surface area contributed by atoms with Crippen LogP contribution in [0.2, 0.25) is 0 Å². The van der Waals surface area contributed by atoms with E-state index >= 15 is 0 Å². The Kier molecular flexibility index (Phi) is 10.2. The number of aliphatic hydroxyl groups excluding tert-OH is 1. The van der Waals surface area contributed by atoms with E-state index < -0.39 is 15.9 Å². The van der Waals surface area contributed by atoms with Gasteiger partial charge in [0.2, 0.25) is 15.9 Å². The SMILES string of the molecule is CC(=O)N1CCN(Cc2cnc(NC(=O)/C(=N/O[C@@H]3CCOC3)c3ccc(S(=O)(=O)NCCO)cc3)s2)C[C@@H]1C. The van der Waals surface area contributed by atoms with E-state index in [0.29, 0.717) is 43.4 Å². The number of aliphatic hydroxyl groups is 1. The number of hydrogen-bond donors (Lipinski definition) is 3. The molecule has 13 nitrogen and oxygen atoms in total. The van der Waals surface area contributed by atoms with Crippen LogP contribution in [0.1, 0.15) is 30.7 Å². The van der Waals surface area contributed by atoms with Crippen molar-refractivity contribution in [3.63, 3.8) is 0 Å². The molecular formula is C25H34N6O7S2. The molecule has 40 heavy (non-hydrogen) atoms. The normalized spacial score (nSPS) is 20.5. The number of aromatic nitrogens is 1. The second-order valence-electron chi connectivity index (χ2n) is 9.56. The molecule has 1 aromatic carbocycles. The van der Waals surface area contributed by atoms with Crippen molar-refractivity contribution in [2.75, 3.05) is 51.3 Å². The van der Waals surface area contributed by atoms with E-state index in [1.807, 2.05) is 11.8 Å². The number of anilines is 1. The summed E-state index contributed by atoms with van der Waals surface area (Å²) in [4.78, 5) is 40.0. The third-order valence-corrected chi connectivity index (χ3v) is 8.88. The van der Waals surface area contributed by atoms with Crippen LogP contribution < -0.4 is 10.0 Å². The summed E-state index contributed by atoms with van der Waals surface area (Å²) >= 11 is 1.34. The molecule has 3 heterocycles. The third-order valence-electron chi connectivity index (χ3n) is 6.51. The number of carbonyl (C=O) groups excluding carboxylic acids is 2. The third kappa shape index (κ3) is 7.83. The number of amides is 2. The smallest absolute Gasteiger partial charge is 0.280 e. The molecule has 2 saturated heterocycles. The molecule has 218 valence electrons. The zero-order valence-corrected chi connectivity index (χ0v) is 24.0. The van der Waals surface area contributed by atoms with Gasteiger partial charge in [0.15, 0.2) is 16.9 Å². The zero-order chi connectivity index (χ0) is 28.7. The predicted molar refractivity (Wildman–Crippen MR) is 148 cm³/mol. The largest absolute Gasteiger partial charge is 0.395 e. The summed E-state index contributed by atoms with van der Waals surface area (Å²) in [6, 6.07) is 5.76. The summed E-state index contributed by atoms with van der Waals surface area (Å²) in [5.74, 6) is -0.482.